The van der Waals surface area contributed by atoms with Crippen molar-refractivity contribution in [3.63, 3.8) is 0 Å². The van der Waals surface area contributed by atoms with Crippen LogP contribution in [-0.4, -0.2) is 35.0 Å². The third kappa shape index (κ3) is 16.6. The number of carbonyl (C=O) groups excluding carboxylic acids is 1. The van der Waals surface area contributed by atoms with Crippen molar-refractivity contribution in [2.45, 2.75) is 77.4 Å². The molecule has 0 rings (SSSR count). The summed E-state index contributed by atoms with van der Waals surface area (Å²) in [5.74, 6) is 10.0. The van der Waals surface area contributed by atoms with Crippen LogP contribution in [-0.2, 0) is 9.53 Å². The van der Waals surface area contributed by atoms with E-state index in [-0.39, 0.29) is 5.97 Å². The summed E-state index contributed by atoms with van der Waals surface area (Å²) in [5, 5.41) is 18.8. The number of hydrogen-bond donors (Lipinski definition) is 2. The van der Waals surface area contributed by atoms with Gasteiger partial charge in [0.15, 0.2) is 0 Å². The van der Waals surface area contributed by atoms with E-state index in [4.69, 9.17) is 4.74 Å². The first-order valence-electron chi connectivity index (χ1n) is 8.73. The van der Waals surface area contributed by atoms with Crippen molar-refractivity contribution < 1.29 is 19.7 Å². The molecule has 0 spiro atoms. The monoisotopic (exact) mass is 334 g/mol. The highest BCUT2D eigenvalue weighted by Gasteiger charge is 1.94. The van der Waals surface area contributed by atoms with Crippen LogP contribution in [0.3, 0.4) is 0 Å². The Labute approximate surface area is 146 Å². The lowest BCUT2D eigenvalue weighted by atomic mass is 10.1. The number of aliphatic hydroxyl groups excluding tert-OH is 2. The molecule has 0 amide bonds. The van der Waals surface area contributed by atoms with Crippen molar-refractivity contribution in [2.75, 3.05) is 6.61 Å². The maximum Gasteiger partial charge on any atom is 0.302 e. The van der Waals surface area contributed by atoms with Crippen LogP contribution in [0.25, 0.3) is 0 Å². The van der Waals surface area contributed by atoms with Gasteiger partial charge in [0.1, 0.15) is 12.2 Å². The van der Waals surface area contributed by atoms with Gasteiger partial charge in [0.05, 0.1) is 6.61 Å². The van der Waals surface area contributed by atoms with E-state index in [1.165, 1.54) is 13.3 Å². The fourth-order valence-electron chi connectivity index (χ4n) is 1.89. The first-order valence-corrected chi connectivity index (χ1v) is 8.73. The van der Waals surface area contributed by atoms with Crippen LogP contribution in [0.5, 0.6) is 0 Å². The van der Waals surface area contributed by atoms with E-state index in [2.05, 4.69) is 23.7 Å². The van der Waals surface area contributed by atoms with Crippen LogP contribution in [0.2, 0.25) is 0 Å². The second kappa shape index (κ2) is 16.1. The van der Waals surface area contributed by atoms with Crippen LogP contribution >= 0.6 is 0 Å². The van der Waals surface area contributed by atoms with Gasteiger partial charge in [0.25, 0.3) is 0 Å². The molecule has 0 saturated carbocycles. The van der Waals surface area contributed by atoms with Crippen LogP contribution in [0.1, 0.15) is 65.2 Å². The molecule has 0 aromatic carbocycles. The summed E-state index contributed by atoms with van der Waals surface area (Å²) in [7, 11) is 0. The summed E-state index contributed by atoms with van der Waals surface area (Å²) >= 11 is 0. The number of aliphatic hydroxyl groups is 2. The fourth-order valence-corrected chi connectivity index (χ4v) is 1.89. The Morgan fingerprint density at radius 3 is 2.33 bits per heavy atom. The Morgan fingerprint density at radius 1 is 1.04 bits per heavy atom. The summed E-state index contributed by atoms with van der Waals surface area (Å²) in [5.41, 5.74) is 0. The number of rotatable bonds is 11. The minimum absolute atomic E-state index is 0.209. The molecule has 2 N–H and O–H groups in total. The topological polar surface area (TPSA) is 66.8 Å². The Bertz CT molecular complexity index is 473. The predicted octanol–water partition coefficient (Wildman–Crippen LogP) is 2.98. The molecule has 0 aliphatic carbocycles. The molecule has 4 heteroatoms. The molecule has 0 unspecified atom stereocenters. The van der Waals surface area contributed by atoms with E-state index < -0.39 is 12.2 Å². The third-order valence-corrected chi connectivity index (χ3v) is 3.30. The SMILES string of the molecule is CC[C@H](O)C#CC#C[C@@H](O)/C=C\CCCCCCCCOC(C)=O. The lowest BCUT2D eigenvalue weighted by Gasteiger charge is -2.02. The zero-order valence-electron chi connectivity index (χ0n) is 14.9. The van der Waals surface area contributed by atoms with E-state index in [0.717, 1.165) is 38.5 Å². The smallest absolute Gasteiger partial charge is 0.302 e. The van der Waals surface area contributed by atoms with Crippen molar-refractivity contribution in [1.82, 2.24) is 0 Å². The summed E-state index contributed by atoms with van der Waals surface area (Å²) in [6.45, 7) is 3.80. The van der Waals surface area contributed by atoms with Crippen LogP contribution in [0, 0.1) is 23.7 Å². The van der Waals surface area contributed by atoms with Crippen molar-refractivity contribution in [3.05, 3.63) is 12.2 Å². The second-order valence-electron chi connectivity index (χ2n) is 5.59. The highest BCUT2D eigenvalue weighted by Crippen LogP contribution is 2.08. The van der Waals surface area contributed by atoms with Gasteiger partial charge in [-0.15, -0.1) is 0 Å². The second-order valence-corrected chi connectivity index (χ2v) is 5.59. The van der Waals surface area contributed by atoms with Gasteiger partial charge in [-0.05, 0) is 43.6 Å². The molecule has 0 radical (unpaired) electrons. The largest absolute Gasteiger partial charge is 0.466 e. The number of unbranched alkanes of at least 4 members (excludes halogenated alkanes) is 6. The van der Waals surface area contributed by atoms with Crippen molar-refractivity contribution in [2.24, 2.45) is 0 Å². The molecule has 4 nitrogen and oxygen atoms in total. The van der Waals surface area contributed by atoms with E-state index >= 15 is 0 Å². The molecular formula is C20H30O4. The van der Waals surface area contributed by atoms with Gasteiger partial charge in [0.2, 0.25) is 0 Å². The summed E-state index contributed by atoms with van der Waals surface area (Å²) in [6, 6.07) is 0. The average molecular weight is 334 g/mol. The Morgan fingerprint density at radius 2 is 1.67 bits per heavy atom. The number of allylic oxidation sites excluding steroid dienone is 1. The van der Waals surface area contributed by atoms with Gasteiger partial charge in [-0.3, -0.25) is 4.79 Å². The zero-order chi connectivity index (χ0) is 18.0. The van der Waals surface area contributed by atoms with Gasteiger partial charge >= 0.3 is 5.97 Å². The normalized spacial score (nSPS) is 12.7. The zero-order valence-corrected chi connectivity index (χ0v) is 14.9. The molecule has 0 aromatic heterocycles. The van der Waals surface area contributed by atoms with Gasteiger partial charge in [-0.1, -0.05) is 50.5 Å². The molecule has 24 heavy (non-hydrogen) atoms. The molecule has 0 aliphatic rings. The maximum atomic E-state index is 10.6. The molecule has 0 heterocycles. The lowest BCUT2D eigenvalue weighted by molar-refractivity contribution is -0.141. The number of carbonyl (C=O) groups is 1. The van der Waals surface area contributed by atoms with E-state index in [9.17, 15) is 15.0 Å². The molecule has 0 aliphatic heterocycles. The number of ether oxygens (including phenoxy) is 1. The highest BCUT2D eigenvalue weighted by molar-refractivity contribution is 5.65. The molecule has 0 aromatic rings. The molecule has 0 saturated heterocycles. The Balaban J connectivity index is 3.56. The molecular weight excluding hydrogens is 304 g/mol. The summed E-state index contributed by atoms with van der Waals surface area (Å²) in [4.78, 5) is 10.6. The maximum absolute atomic E-state index is 10.6. The predicted molar refractivity (Wildman–Crippen MR) is 95.9 cm³/mol. The minimum Gasteiger partial charge on any atom is -0.466 e. The van der Waals surface area contributed by atoms with E-state index in [1.54, 1.807) is 6.08 Å². The van der Waals surface area contributed by atoms with Crippen LogP contribution in [0.4, 0.5) is 0 Å². The first kappa shape index (κ1) is 22.2. The number of esters is 1. The quantitative estimate of drug-likeness (QED) is 0.264. The first-order chi connectivity index (χ1) is 11.6. The average Bonchev–Trinajstić information content (AvgIpc) is 2.56. The minimum atomic E-state index is -0.806. The Hall–Kier alpha value is -1.75. The molecule has 0 bridgehead atoms. The van der Waals surface area contributed by atoms with Crippen molar-refractivity contribution >= 4 is 5.97 Å². The molecule has 2 atom stereocenters. The van der Waals surface area contributed by atoms with Crippen LogP contribution in [0.15, 0.2) is 12.2 Å². The van der Waals surface area contributed by atoms with Crippen LogP contribution < -0.4 is 0 Å². The molecule has 134 valence electrons. The van der Waals surface area contributed by atoms with Gasteiger partial charge < -0.3 is 14.9 Å². The summed E-state index contributed by atoms with van der Waals surface area (Å²) in [6.07, 6.45) is 10.2. The van der Waals surface area contributed by atoms with E-state index in [0.29, 0.717) is 13.0 Å². The third-order valence-electron chi connectivity index (χ3n) is 3.30. The van der Waals surface area contributed by atoms with Gasteiger partial charge in [0, 0.05) is 6.92 Å². The van der Waals surface area contributed by atoms with Crippen molar-refractivity contribution in [3.8, 4) is 23.7 Å². The van der Waals surface area contributed by atoms with Gasteiger partial charge in [-0.25, -0.2) is 0 Å². The molecule has 0 fully saturated rings. The summed E-state index contributed by atoms with van der Waals surface area (Å²) < 4.78 is 4.87. The van der Waals surface area contributed by atoms with Crippen molar-refractivity contribution in [1.29, 1.82) is 0 Å². The number of hydrogen-bond acceptors (Lipinski definition) is 4. The fraction of sp³-hybridized carbons (Fsp3) is 0.650. The van der Waals surface area contributed by atoms with Gasteiger partial charge in [-0.2, -0.15) is 0 Å². The highest BCUT2D eigenvalue weighted by atomic mass is 16.5. The Kier molecular flexibility index (Phi) is 14.9. The standard InChI is InChI=1S/C20H30O4/c1-3-19(22)14-11-12-16-20(23)15-10-8-6-4-5-7-9-13-17-24-18(2)21/h10,15,19-20,22-23H,3-9,13,17H2,1-2H3/b15-10-/t19-,20-/m0/s1. The lowest BCUT2D eigenvalue weighted by Crippen LogP contribution is -2.00. The van der Waals surface area contributed by atoms with E-state index in [1.807, 2.05) is 13.0 Å².